The normalized spacial score (nSPS) is 18.8. The van der Waals surface area contributed by atoms with Crippen molar-refractivity contribution in [3.63, 3.8) is 0 Å². The van der Waals surface area contributed by atoms with E-state index in [9.17, 15) is 14.7 Å². The van der Waals surface area contributed by atoms with Crippen LogP contribution in [0.3, 0.4) is 0 Å². The number of carboxylic acid groups (broad SMARTS) is 1. The summed E-state index contributed by atoms with van der Waals surface area (Å²) in [4.78, 5) is 25.1. The molecule has 1 aromatic rings. The van der Waals surface area contributed by atoms with Crippen LogP contribution in [0.5, 0.6) is 0 Å². The molecule has 6 nitrogen and oxygen atoms in total. The molecule has 0 saturated carbocycles. The van der Waals surface area contributed by atoms with E-state index in [-0.39, 0.29) is 18.7 Å². The predicted octanol–water partition coefficient (Wildman–Crippen LogP) is 1.41. The first kappa shape index (κ1) is 15.3. The zero-order valence-electron chi connectivity index (χ0n) is 12.2. The van der Waals surface area contributed by atoms with Gasteiger partial charge in [-0.15, -0.1) is 0 Å². The van der Waals surface area contributed by atoms with Gasteiger partial charge in [0.05, 0.1) is 12.0 Å². The van der Waals surface area contributed by atoms with E-state index in [2.05, 4.69) is 5.32 Å². The standard InChI is InChI=1S/C15H20N2O4/c1-10(21-2)7-16-15(20)17-8-11-5-3-4-6-12(11)13(9-17)14(18)19/h3-6,10,13H,7-9H2,1-2H3,(H,16,20)(H,18,19). The third-order valence-corrected chi connectivity index (χ3v) is 3.72. The van der Waals surface area contributed by atoms with Gasteiger partial charge in [-0.2, -0.15) is 0 Å². The Morgan fingerprint density at radius 2 is 2.19 bits per heavy atom. The van der Waals surface area contributed by atoms with Crippen LogP contribution in [0.15, 0.2) is 24.3 Å². The van der Waals surface area contributed by atoms with Crippen LogP contribution >= 0.6 is 0 Å². The van der Waals surface area contributed by atoms with Crippen LogP contribution in [-0.4, -0.2) is 48.3 Å². The lowest BCUT2D eigenvalue weighted by atomic mass is 9.90. The van der Waals surface area contributed by atoms with E-state index < -0.39 is 11.9 Å². The molecule has 1 aliphatic rings. The number of aliphatic carboxylic acids is 1. The number of nitrogens with zero attached hydrogens (tertiary/aromatic N) is 1. The summed E-state index contributed by atoms with van der Waals surface area (Å²) >= 11 is 0. The zero-order valence-corrected chi connectivity index (χ0v) is 12.2. The number of fused-ring (bicyclic) bond motifs is 1. The highest BCUT2D eigenvalue weighted by Crippen LogP contribution is 2.28. The number of urea groups is 1. The largest absolute Gasteiger partial charge is 0.481 e. The Morgan fingerprint density at radius 1 is 1.48 bits per heavy atom. The van der Waals surface area contributed by atoms with Gasteiger partial charge in [0.1, 0.15) is 0 Å². The number of carboxylic acids is 1. The fourth-order valence-corrected chi connectivity index (χ4v) is 2.40. The van der Waals surface area contributed by atoms with Crippen LogP contribution in [0.1, 0.15) is 24.0 Å². The molecule has 0 aromatic heterocycles. The summed E-state index contributed by atoms with van der Waals surface area (Å²) in [6.07, 6.45) is -0.0821. The van der Waals surface area contributed by atoms with Gasteiger partial charge in [-0.1, -0.05) is 24.3 Å². The van der Waals surface area contributed by atoms with Crippen LogP contribution in [0.2, 0.25) is 0 Å². The third kappa shape index (κ3) is 3.52. The lowest BCUT2D eigenvalue weighted by Gasteiger charge is -2.33. The van der Waals surface area contributed by atoms with Gasteiger partial charge in [-0.25, -0.2) is 4.79 Å². The lowest BCUT2D eigenvalue weighted by molar-refractivity contribution is -0.139. The summed E-state index contributed by atoms with van der Waals surface area (Å²) in [6, 6.07) is 7.09. The van der Waals surface area contributed by atoms with Gasteiger partial charge in [0.25, 0.3) is 0 Å². The molecule has 2 N–H and O–H groups in total. The Kier molecular flexibility index (Phi) is 4.80. The maximum absolute atomic E-state index is 12.2. The molecule has 1 aliphatic heterocycles. The summed E-state index contributed by atoms with van der Waals surface area (Å²) in [7, 11) is 1.58. The van der Waals surface area contributed by atoms with Crippen LogP contribution in [0.4, 0.5) is 4.79 Å². The molecule has 0 spiro atoms. The summed E-state index contributed by atoms with van der Waals surface area (Å²) < 4.78 is 5.08. The minimum absolute atomic E-state index is 0.0821. The van der Waals surface area contributed by atoms with E-state index in [4.69, 9.17) is 4.74 Å². The second-order valence-electron chi connectivity index (χ2n) is 5.20. The third-order valence-electron chi connectivity index (χ3n) is 3.72. The number of benzene rings is 1. The number of amides is 2. The van der Waals surface area contributed by atoms with Crippen molar-refractivity contribution < 1.29 is 19.4 Å². The monoisotopic (exact) mass is 292 g/mol. The van der Waals surface area contributed by atoms with E-state index >= 15 is 0 Å². The Balaban J connectivity index is 2.10. The molecule has 2 atom stereocenters. The maximum Gasteiger partial charge on any atom is 0.317 e. The van der Waals surface area contributed by atoms with Crippen molar-refractivity contribution in [2.45, 2.75) is 25.5 Å². The smallest absolute Gasteiger partial charge is 0.317 e. The number of carbonyl (C=O) groups is 2. The molecule has 1 aromatic carbocycles. The average molecular weight is 292 g/mol. The van der Waals surface area contributed by atoms with E-state index in [0.29, 0.717) is 13.1 Å². The molecule has 0 saturated heterocycles. The van der Waals surface area contributed by atoms with Gasteiger partial charge in [0, 0.05) is 26.7 Å². The van der Waals surface area contributed by atoms with E-state index in [1.807, 2.05) is 31.2 Å². The Hall–Kier alpha value is -2.08. The molecule has 0 radical (unpaired) electrons. The molecule has 21 heavy (non-hydrogen) atoms. The van der Waals surface area contributed by atoms with Gasteiger partial charge in [-0.3, -0.25) is 4.79 Å². The number of methoxy groups -OCH3 is 1. The highest BCUT2D eigenvalue weighted by atomic mass is 16.5. The molecule has 0 fully saturated rings. The molecular formula is C15H20N2O4. The van der Waals surface area contributed by atoms with Crippen molar-refractivity contribution >= 4 is 12.0 Å². The Morgan fingerprint density at radius 3 is 2.86 bits per heavy atom. The van der Waals surface area contributed by atoms with Crippen molar-refractivity contribution in [1.29, 1.82) is 0 Å². The van der Waals surface area contributed by atoms with Crippen molar-refractivity contribution in [2.24, 2.45) is 0 Å². The molecule has 2 amide bonds. The number of nitrogens with one attached hydrogen (secondary N) is 1. The highest BCUT2D eigenvalue weighted by molar-refractivity contribution is 5.80. The molecule has 2 unspecified atom stereocenters. The molecule has 114 valence electrons. The molecule has 2 rings (SSSR count). The predicted molar refractivity (Wildman–Crippen MR) is 77.1 cm³/mol. The van der Waals surface area contributed by atoms with Crippen LogP contribution in [0.25, 0.3) is 0 Å². The van der Waals surface area contributed by atoms with Gasteiger partial charge in [-0.05, 0) is 18.1 Å². The van der Waals surface area contributed by atoms with Crippen molar-refractivity contribution in [3.8, 4) is 0 Å². The quantitative estimate of drug-likeness (QED) is 0.879. The number of carbonyl (C=O) groups excluding carboxylic acids is 1. The van der Waals surface area contributed by atoms with Gasteiger partial charge in [0.2, 0.25) is 0 Å². The van der Waals surface area contributed by atoms with Crippen molar-refractivity contribution in [1.82, 2.24) is 10.2 Å². The lowest BCUT2D eigenvalue weighted by Crippen LogP contribution is -2.47. The minimum atomic E-state index is -0.912. The summed E-state index contributed by atoms with van der Waals surface area (Å²) in [5.74, 6) is -1.59. The van der Waals surface area contributed by atoms with Crippen molar-refractivity contribution in [2.75, 3.05) is 20.2 Å². The minimum Gasteiger partial charge on any atom is -0.481 e. The fraction of sp³-hybridized carbons (Fsp3) is 0.467. The van der Waals surface area contributed by atoms with E-state index in [1.54, 1.807) is 7.11 Å². The first-order valence-corrected chi connectivity index (χ1v) is 6.89. The molecule has 0 aliphatic carbocycles. The van der Waals surface area contributed by atoms with Crippen LogP contribution in [0, 0.1) is 0 Å². The fourth-order valence-electron chi connectivity index (χ4n) is 2.40. The van der Waals surface area contributed by atoms with Gasteiger partial charge >= 0.3 is 12.0 Å². The molecular weight excluding hydrogens is 272 g/mol. The topological polar surface area (TPSA) is 78.9 Å². The summed E-state index contributed by atoms with van der Waals surface area (Å²) in [5.41, 5.74) is 1.67. The number of ether oxygens (including phenoxy) is 1. The molecule has 1 heterocycles. The molecule has 6 heteroatoms. The first-order valence-electron chi connectivity index (χ1n) is 6.89. The summed E-state index contributed by atoms with van der Waals surface area (Å²) in [6.45, 7) is 2.85. The molecule has 0 bridgehead atoms. The maximum atomic E-state index is 12.2. The van der Waals surface area contributed by atoms with E-state index in [0.717, 1.165) is 11.1 Å². The number of hydrogen-bond donors (Lipinski definition) is 2. The van der Waals surface area contributed by atoms with Gasteiger partial charge in [0.15, 0.2) is 0 Å². The van der Waals surface area contributed by atoms with Crippen LogP contribution in [-0.2, 0) is 16.1 Å². The number of hydrogen-bond acceptors (Lipinski definition) is 3. The highest BCUT2D eigenvalue weighted by Gasteiger charge is 2.32. The first-order chi connectivity index (χ1) is 10.0. The number of rotatable bonds is 4. The van der Waals surface area contributed by atoms with Crippen molar-refractivity contribution in [3.05, 3.63) is 35.4 Å². The average Bonchev–Trinajstić information content (AvgIpc) is 2.50. The Bertz CT molecular complexity index is 532. The van der Waals surface area contributed by atoms with E-state index in [1.165, 1.54) is 4.90 Å². The SMILES string of the molecule is COC(C)CNC(=O)N1Cc2ccccc2C(C(=O)O)C1. The Labute approximate surface area is 123 Å². The summed E-state index contributed by atoms with van der Waals surface area (Å²) in [5, 5.41) is 12.1. The van der Waals surface area contributed by atoms with Crippen LogP contribution < -0.4 is 5.32 Å². The van der Waals surface area contributed by atoms with Gasteiger partial charge < -0.3 is 20.1 Å². The second-order valence-corrected chi connectivity index (χ2v) is 5.20. The zero-order chi connectivity index (χ0) is 15.4. The second kappa shape index (κ2) is 6.58.